The van der Waals surface area contributed by atoms with E-state index in [1.807, 2.05) is 24.3 Å². The summed E-state index contributed by atoms with van der Waals surface area (Å²) in [5.41, 5.74) is 3.89. The largest absolute Gasteiger partial charge is 0.372 e. The molecule has 0 bridgehead atoms. The third-order valence-corrected chi connectivity index (χ3v) is 7.06. The molecule has 1 unspecified atom stereocenters. The molecule has 10 nitrogen and oxygen atoms in total. The second-order valence-electron chi connectivity index (χ2n) is 9.00. The van der Waals surface area contributed by atoms with Crippen molar-refractivity contribution in [2.24, 2.45) is 0 Å². The van der Waals surface area contributed by atoms with Crippen LogP contribution in [0.4, 0.5) is 11.4 Å². The molecule has 3 aromatic carbocycles. The summed E-state index contributed by atoms with van der Waals surface area (Å²) in [5.74, 6) is -0.157. The second kappa shape index (κ2) is 12.9. The number of nitrogens with zero attached hydrogens (tertiary/aromatic N) is 1. The first kappa shape index (κ1) is 27.7. The molecule has 1 aromatic heterocycles. The van der Waals surface area contributed by atoms with Gasteiger partial charge in [-0.2, -0.15) is 0 Å². The Balaban J connectivity index is 1.31. The van der Waals surface area contributed by atoms with Gasteiger partial charge in [0.25, 0.3) is 5.56 Å². The van der Waals surface area contributed by atoms with Gasteiger partial charge in [-0.1, -0.05) is 24.3 Å². The average Bonchev–Trinajstić information content (AvgIpc) is 2.93. The molecule has 0 aliphatic rings. The molecule has 202 valence electrons. The number of H-pyrrole nitrogens is 1. The number of aldehydes is 1. The topological polar surface area (TPSA) is 150 Å². The highest BCUT2D eigenvalue weighted by atomic mass is 32.2. The van der Waals surface area contributed by atoms with E-state index < -0.39 is 16.7 Å². The van der Waals surface area contributed by atoms with Crippen molar-refractivity contribution in [2.45, 2.75) is 36.7 Å². The number of benzene rings is 3. The summed E-state index contributed by atoms with van der Waals surface area (Å²) in [6.07, 6.45) is 3.75. The van der Waals surface area contributed by atoms with Crippen LogP contribution in [0.2, 0.25) is 0 Å². The highest BCUT2D eigenvalue weighted by Gasteiger charge is 2.12. The average molecular weight is 548 g/mol. The molecule has 0 aliphatic heterocycles. The Hall–Kier alpha value is -4.35. The van der Waals surface area contributed by atoms with Gasteiger partial charge in [-0.15, -0.1) is 0 Å². The minimum Gasteiger partial charge on any atom is -0.372 e. The number of nitrogens with one attached hydrogen (secondary N) is 4. The number of hydrogen-bond donors (Lipinski definition) is 5. The van der Waals surface area contributed by atoms with Crippen LogP contribution in [-0.4, -0.2) is 37.6 Å². The minimum atomic E-state index is -2.72. The van der Waals surface area contributed by atoms with Crippen LogP contribution in [0.15, 0.2) is 76.7 Å². The first-order valence-electron chi connectivity index (χ1n) is 12.4. The van der Waals surface area contributed by atoms with Gasteiger partial charge in [-0.05, 0) is 73.0 Å². The lowest BCUT2D eigenvalue weighted by atomic mass is 10.0. The van der Waals surface area contributed by atoms with Gasteiger partial charge in [-0.25, -0.2) is 13.4 Å². The van der Waals surface area contributed by atoms with Crippen LogP contribution in [0.3, 0.4) is 0 Å². The fourth-order valence-corrected chi connectivity index (χ4v) is 4.85. The number of aryl methyl sites for hydroxylation is 1. The number of hydrogen-bond acceptors (Lipinski definition) is 8. The van der Waals surface area contributed by atoms with Gasteiger partial charge in [-0.3, -0.25) is 9.59 Å². The summed E-state index contributed by atoms with van der Waals surface area (Å²) in [7, 11) is -0.992. The Labute approximate surface area is 226 Å². The highest BCUT2D eigenvalue weighted by Crippen LogP contribution is 2.22. The molecular formula is C28H29N5O5S. The third-order valence-electron chi connectivity index (χ3n) is 6.23. The second-order valence-corrected chi connectivity index (χ2v) is 9.99. The number of thiol groups is 1. The first-order valence-corrected chi connectivity index (χ1v) is 13.6. The number of carbonyl (C=O) groups excluding carboxylic acids is 2. The number of carbonyl (C=O) groups is 2. The molecule has 4 N–H and O–H groups in total. The molecule has 0 fully saturated rings. The predicted molar refractivity (Wildman–Crippen MR) is 151 cm³/mol. The van der Waals surface area contributed by atoms with Crippen molar-refractivity contribution in [3.8, 4) is 0 Å². The monoisotopic (exact) mass is 547 g/mol. The Morgan fingerprint density at radius 1 is 1.05 bits per heavy atom. The summed E-state index contributed by atoms with van der Waals surface area (Å²) in [4.78, 5) is 43.2. The molecule has 1 heterocycles. The maximum atomic E-state index is 12.4. The lowest BCUT2D eigenvalue weighted by Crippen LogP contribution is -2.13. The number of fused-ring (bicyclic) bond motifs is 1. The summed E-state index contributed by atoms with van der Waals surface area (Å²) in [6.45, 7) is 0.373. The van der Waals surface area contributed by atoms with Crippen LogP contribution in [0.5, 0.6) is 0 Å². The van der Waals surface area contributed by atoms with E-state index in [-0.39, 0.29) is 16.4 Å². The van der Waals surface area contributed by atoms with Gasteiger partial charge in [0.1, 0.15) is 12.3 Å². The highest BCUT2D eigenvalue weighted by molar-refractivity contribution is 7.72. The molecule has 0 spiro atoms. The molecule has 0 saturated heterocycles. The summed E-state index contributed by atoms with van der Waals surface area (Å²) in [5, 5.41) is 9.33. The fraction of sp³-hybridized carbons (Fsp3) is 0.214. The molecule has 0 aliphatic carbocycles. The van der Waals surface area contributed by atoms with Gasteiger partial charge >= 0.3 is 0 Å². The number of anilines is 2. The van der Waals surface area contributed by atoms with Crippen molar-refractivity contribution in [1.82, 2.24) is 15.3 Å². The van der Waals surface area contributed by atoms with Crippen molar-refractivity contribution in [2.75, 3.05) is 17.7 Å². The molecular weight excluding hydrogens is 518 g/mol. The molecule has 0 radical (unpaired) electrons. The van der Waals surface area contributed by atoms with Crippen LogP contribution >= 0.6 is 0 Å². The molecule has 0 saturated carbocycles. The lowest BCUT2D eigenvalue weighted by molar-refractivity contribution is -0.116. The van der Waals surface area contributed by atoms with Gasteiger partial charge in [0, 0.05) is 24.3 Å². The summed E-state index contributed by atoms with van der Waals surface area (Å²) < 4.78 is 22.8. The summed E-state index contributed by atoms with van der Waals surface area (Å²) in [6, 6.07) is 16.9. The Morgan fingerprint density at radius 3 is 2.54 bits per heavy atom. The van der Waals surface area contributed by atoms with Crippen molar-refractivity contribution in [3.05, 3.63) is 94.0 Å². The zero-order valence-electron chi connectivity index (χ0n) is 21.3. The fourth-order valence-electron chi connectivity index (χ4n) is 4.28. The van der Waals surface area contributed by atoms with E-state index in [9.17, 15) is 22.8 Å². The smallest absolute Gasteiger partial charge is 0.258 e. The van der Waals surface area contributed by atoms with Gasteiger partial charge in [0.15, 0.2) is 10.7 Å². The predicted octanol–water partition coefficient (Wildman–Crippen LogP) is 2.93. The number of aromatic amines is 1. The maximum Gasteiger partial charge on any atom is 0.258 e. The molecule has 4 rings (SSSR count). The molecule has 1 amide bonds. The van der Waals surface area contributed by atoms with E-state index in [0.29, 0.717) is 53.6 Å². The van der Waals surface area contributed by atoms with Crippen LogP contribution in [0.25, 0.3) is 10.9 Å². The normalized spacial score (nSPS) is 11.8. The third kappa shape index (κ3) is 7.15. The van der Waals surface area contributed by atoms with Crippen molar-refractivity contribution in [3.63, 3.8) is 0 Å². The maximum absolute atomic E-state index is 12.4. The zero-order chi connectivity index (χ0) is 27.8. The molecule has 1 atom stereocenters. The van der Waals surface area contributed by atoms with Crippen molar-refractivity contribution in [1.29, 1.82) is 0 Å². The van der Waals surface area contributed by atoms with E-state index >= 15 is 0 Å². The number of rotatable bonds is 12. The van der Waals surface area contributed by atoms with Gasteiger partial charge < -0.3 is 25.7 Å². The van der Waals surface area contributed by atoms with Crippen LogP contribution < -0.4 is 21.5 Å². The van der Waals surface area contributed by atoms with E-state index in [2.05, 4.69) is 25.9 Å². The van der Waals surface area contributed by atoms with Gasteiger partial charge in [0.2, 0.25) is 5.91 Å². The Bertz CT molecular complexity index is 1610. The van der Waals surface area contributed by atoms with E-state index in [1.54, 1.807) is 37.4 Å². The minimum absolute atomic E-state index is 0.157. The lowest BCUT2D eigenvalue weighted by Gasteiger charge is -2.15. The van der Waals surface area contributed by atoms with Gasteiger partial charge in [0.05, 0.1) is 22.1 Å². The van der Waals surface area contributed by atoms with E-state index in [4.69, 9.17) is 0 Å². The standard InChI is InChI=1S/C28H29N5O5S/c1-29-15-20-13-21(10-12-26(20)39(37)38)33-27(35)4-2-3-18-5-7-19(8-6-18)25(16-34)32-22-9-11-24-23(14-22)28(36)31-17-30-24/h5-14,16-17,25,29,32,39H,2-4,15H2,1H3,(H,33,35)(H,30,31,36). The van der Waals surface area contributed by atoms with Crippen LogP contribution in [-0.2, 0) is 33.3 Å². The zero-order valence-corrected chi connectivity index (χ0v) is 22.2. The van der Waals surface area contributed by atoms with Crippen LogP contribution in [0.1, 0.15) is 35.6 Å². The van der Waals surface area contributed by atoms with E-state index in [1.165, 1.54) is 12.4 Å². The van der Waals surface area contributed by atoms with Crippen molar-refractivity contribution >= 4 is 45.2 Å². The SMILES string of the molecule is CNCc1cc(NC(=O)CCCc2ccc(C(C=O)Nc3ccc4nc[nH]c(=O)c4c3)cc2)ccc1[SH](=O)=O. The number of aromatic nitrogens is 2. The van der Waals surface area contributed by atoms with Crippen LogP contribution in [0, 0.1) is 0 Å². The Kier molecular flexibility index (Phi) is 9.18. The van der Waals surface area contributed by atoms with Crippen molar-refractivity contribution < 1.29 is 18.0 Å². The molecule has 39 heavy (non-hydrogen) atoms. The molecule has 4 aromatic rings. The Morgan fingerprint density at radius 2 is 1.82 bits per heavy atom. The number of amides is 1. The van der Waals surface area contributed by atoms with E-state index in [0.717, 1.165) is 17.4 Å². The molecule has 11 heteroatoms. The quantitative estimate of drug-likeness (QED) is 0.134. The summed E-state index contributed by atoms with van der Waals surface area (Å²) >= 11 is 0. The first-order chi connectivity index (χ1) is 18.9.